The molecule has 0 saturated heterocycles. The smallest absolute Gasteiger partial charge is 0.339 e. The lowest BCUT2D eigenvalue weighted by atomic mass is 9.77. The van der Waals surface area contributed by atoms with E-state index >= 15 is 0 Å². The molecule has 1 heterocycles. The lowest BCUT2D eigenvalue weighted by Gasteiger charge is -2.35. The standard InChI is InChI=1S/C27H27O2S/c1-5-27(4,24-12-8-6-10-19(24)2)29-26(28)21-14-16-23(17-15-21)30-20(3)18-22-11-7-9-13-25(22)30/h1,7,9-11,13-18,24H,6,8,12H2,2-4H3/q+1. The van der Waals surface area contributed by atoms with Crippen molar-refractivity contribution in [3.63, 3.8) is 0 Å². The first-order chi connectivity index (χ1) is 14.4. The number of carbonyl (C=O) groups excluding carboxylic acids is 1. The van der Waals surface area contributed by atoms with Crippen molar-refractivity contribution in [3.05, 3.63) is 76.7 Å². The Morgan fingerprint density at radius 1 is 1.17 bits per heavy atom. The van der Waals surface area contributed by atoms with Crippen molar-refractivity contribution in [2.45, 2.75) is 45.6 Å². The molecule has 0 saturated carbocycles. The Balaban J connectivity index is 1.59. The van der Waals surface area contributed by atoms with Gasteiger partial charge in [-0.3, -0.25) is 0 Å². The molecule has 0 bridgehead atoms. The Morgan fingerprint density at radius 2 is 1.90 bits per heavy atom. The Kier molecular flexibility index (Phi) is 5.54. The van der Waals surface area contributed by atoms with E-state index in [2.05, 4.69) is 56.2 Å². The summed E-state index contributed by atoms with van der Waals surface area (Å²) in [5, 5.41) is 1.28. The number of hydrogen-bond acceptors (Lipinski definition) is 2. The van der Waals surface area contributed by atoms with Crippen LogP contribution in [0.5, 0.6) is 0 Å². The van der Waals surface area contributed by atoms with Crippen LogP contribution >= 0.6 is 10.5 Å². The lowest BCUT2D eigenvalue weighted by molar-refractivity contribution is -0.00497. The molecule has 2 aromatic carbocycles. The largest absolute Gasteiger partial charge is 0.442 e. The van der Waals surface area contributed by atoms with Gasteiger partial charge in [0.1, 0.15) is 0 Å². The van der Waals surface area contributed by atoms with Gasteiger partial charge in [0, 0.05) is 34.8 Å². The van der Waals surface area contributed by atoms with Crippen molar-refractivity contribution < 1.29 is 9.53 Å². The van der Waals surface area contributed by atoms with E-state index in [1.165, 1.54) is 25.4 Å². The number of carbonyl (C=O) groups is 1. The maximum atomic E-state index is 12.9. The van der Waals surface area contributed by atoms with E-state index in [1.54, 1.807) is 0 Å². The van der Waals surface area contributed by atoms with Crippen LogP contribution in [-0.2, 0) is 4.74 Å². The zero-order valence-corrected chi connectivity index (χ0v) is 18.6. The molecule has 30 heavy (non-hydrogen) atoms. The van der Waals surface area contributed by atoms with E-state index in [1.807, 2.05) is 31.2 Å². The molecule has 4 rings (SSSR count). The number of thiophene rings is 1. The molecule has 152 valence electrons. The number of fused-ring (bicyclic) bond motifs is 1. The Morgan fingerprint density at radius 3 is 2.60 bits per heavy atom. The zero-order chi connectivity index (χ0) is 21.3. The zero-order valence-electron chi connectivity index (χ0n) is 17.8. The fourth-order valence-electron chi connectivity index (χ4n) is 4.46. The molecular formula is C27H27O2S+. The van der Waals surface area contributed by atoms with Crippen molar-refractivity contribution in [1.29, 1.82) is 0 Å². The van der Waals surface area contributed by atoms with E-state index in [-0.39, 0.29) is 22.4 Å². The monoisotopic (exact) mass is 415 g/mol. The summed E-state index contributed by atoms with van der Waals surface area (Å²) in [6, 6.07) is 18.5. The fourth-order valence-corrected chi connectivity index (χ4v) is 6.66. The highest BCUT2D eigenvalue weighted by molar-refractivity contribution is 7.45. The van der Waals surface area contributed by atoms with Crippen LogP contribution in [0.1, 0.15) is 48.3 Å². The van der Waals surface area contributed by atoms with Gasteiger partial charge < -0.3 is 4.74 Å². The molecule has 0 aliphatic heterocycles. The third-order valence-electron chi connectivity index (χ3n) is 6.11. The van der Waals surface area contributed by atoms with Gasteiger partial charge in [0.15, 0.2) is 20.1 Å². The number of terminal acetylenes is 1. The average Bonchev–Trinajstić information content (AvgIpc) is 3.09. The summed E-state index contributed by atoms with van der Waals surface area (Å²) in [5.74, 6) is 2.48. The van der Waals surface area contributed by atoms with E-state index in [0.29, 0.717) is 5.56 Å². The van der Waals surface area contributed by atoms with Crippen LogP contribution in [0.2, 0.25) is 0 Å². The highest BCUT2D eigenvalue weighted by Crippen LogP contribution is 2.43. The van der Waals surface area contributed by atoms with Crippen LogP contribution in [-0.4, -0.2) is 11.6 Å². The lowest BCUT2D eigenvalue weighted by Crippen LogP contribution is -2.40. The summed E-state index contributed by atoms with van der Waals surface area (Å²) in [7, 11) is -0.0919. The number of allylic oxidation sites excluding steroid dienone is 1. The number of hydrogen-bond donors (Lipinski definition) is 0. The Labute approximate surface area is 181 Å². The molecule has 0 amide bonds. The third-order valence-corrected chi connectivity index (χ3v) is 8.43. The minimum atomic E-state index is -0.928. The molecule has 0 spiro atoms. The van der Waals surface area contributed by atoms with Gasteiger partial charge in [-0.2, -0.15) is 0 Å². The van der Waals surface area contributed by atoms with Gasteiger partial charge in [-0.25, -0.2) is 4.79 Å². The van der Waals surface area contributed by atoms with Crippen molar-refractivity contribution >= 4 is 26.5 Å². The van der Waals surface area contributed by atoms with Gasteiger partial charge in [0.2, 0.25) is 0 Å². The maximum absolute atomic E-state index is 12.9. The maximum Gasteiger partial charge on any atom is 0.339 e. The summed E-state index contributed by atoms with van der Waals surface area (Å²) in [4.78, 5) is 15.5. The first-order valence-corrected chi connectivity index (χ1v) is 11.6. The van der Waals surface area contributed by atoms with Crippen molar-refractivity contribution in [2.24, 2.45) is 5.92 Å². The van der Waals surface area contributed by atoms with Crippen LogP contribution in [0.15, 0.2) is 66.2 Å². The van der Waals surface area contributed by atoms with Crippen LogP contribution in [0.25, 0.3) is 15.0 Å². The van der Waals surface area contributed by atoms with Crippen molar-refractivity contribution in [2.75, 3.05) is 0 Å². The van der Waals surface area contributed by atoms with Gasteiger partial charge in [-0.15, -0.1) is 6.42 Å². The van der Waals surface area contributed by atoms with Crippen molar-refractivity contribution in [1.82, 2.24) is 0 Å². The molecule has 2 nitrogen and oxygen atoms in total. The molecule has 1 aromatic heterocycles. The van der Waals surface area contributed by atoms with Crippen LogP contribution in [0.3, 0.4) is 0 Å². The van der Waals surface area contributed by atoms with E-state index in [4.69, 9.17) is 11.2 Å². The summed E-state index contributed by atoms with van der Waals surface area (Å²) >= 11 is 0. The number of ether oxygens (including phenoxy) is 1. The SMILES string of the molecule is C#CC(C)(OC(=O)c1ccc(-[s+]2c(C)cc3ccccc32)cc1)C1CCCC=C1C. The fraction of sp³-hybridized carbons (Fsp3) is 0.296. The molecule has 0 N–H and O–H groups in total. The number of aryl methyl sites for hydroxylation is 1. The second-order valence-corrected chi connectivity index (χ2v) is 10.4. The molecule has 1 aliphatic carbocycles. The van der Waals surface area contributed by atoms with Gasteiger partial charge >= 0.3 is 5.97 Å². The predicted molar refractivity (Wildman–Crippen MR) is 126 cm³/mol. The highest BCUT2D eigenvalue weighted by atomic mass is 32.2. The average molecular weight is 416 g/mol. The second-order valence-electron chi connectivity index (χ2n) is 8.20. The second kappa shape index (κ2) is 8.13. The summed E-state index contributed by atoms with van der Waals surface area (Å²) in [6.45, 7) is 6.11. The van der Waals surface area contributed by atoms with E-state index in [0.717, 1.165) is 19.3 Å². The molecule has 3 heteroatoms. The molecule has 3 aromatic rings. The summed E-state index contributed by atoms with van der Waals surface area (Å²) < 4.78 is 7.24. The summed E-state index contributed by atoms with van der Waals surface area (Å²) in [5.41, 5.74) is 0.825. The van der Waals surface area contributed by atoms with E-state index < -0.39 is 5.60 Å². The molecular weight excluding hydrogens is 388 g/mol. The predicted octanol–water partition coefficient (Wildman–Crippen LogP) is 7.18. The van der Waals surface area contributed by atoms with Gasteiger partial charge in [-0.05, 0) is 69.5 Å². The molecule has 0 radical (unpaired) electrons. The van der Waals surface area contributed by atoms with Crippen LogP contribution in [0, 0.1) is 25.2 Å². The molecule has 0 fully saturated rings. The number of benzene rings is 2. The highest BCUT2D eigenvalue weighted by Gasteiger charge is 2.38. The normalized spacial score (nSPS) is 18.9. The molecule has 3 atom stereocenters. The van der Waals surface area contributed by atoms with Gasteiger partial charge in [0.05, 0.1) is 5.56 Å². The quantitative estimate of drug-likeness (QED) is 0.195. The van der Waals surface area contributed by atoms with Crippen molar-refractivity contribution in [3.8, 4) is 17.2 Å². The van der Waals surface area contributed by atoms with Crippen LogP contribution in [0.4, 0.5) is 0 Å². The molecule has 3 unspecified atom stereocenters. The topological polar surface area (TPSA) is 26.3 Å². The Hall–Kier alpha value is -2.83. The molecule has 1 aliphatic rings. The van der Waals surface area contributed by atoms with Gasteiger partial charge in [-0.1, -0.05) is 29.7 Å². The Bertz CT molecular complexity index is 1160. The third kappa shape index (κ3) is 3.68. The number of esters is 1. The first-order valence-electron chi connectivity index (χ1n) is 10.4. The van der Waals surface area contributed by atoms with E-state index in [9.17, 15) is 4.79 Å². The number of rotatable bonds is 4. The van der Waals surface area contributed by atoms with Crippen LogP contribution < -0.4 is 0 Å². The minimum absolute atomic E-state index is 0.0729. The minimum Gasteiger partial charge on any atom is -0.442 e. The first kappa shape index (κ1) is 20.4. The summed E-state index contributed by atoms with van der Waals surface area (Å²) in [6.07, 6.45) is 11.1. The van der Waals surface area contributed by atoms with Gasteiger partial charge in [0.25, 0.3) is 0 Å².